The summed E-state index contributed by atoms with van der Waals surface area (Å²) in [5, 5.41) is 16.2. The number of fused-ring (bicyclic) bond motifs is 1. The van der Waals surface area contributed by atoms with Crippen LogP contribution in [0.25, 0.3) is 0 Å². The van der Waals surface area contributed by atoms with E-state index in [1.807, 2.05) is 4.90 Å². The maximum atomic E-state index is 11.7. The van der Waals surface area contributed by atoms with Gasteiger partial charge < -0.3 is 40.1 Å². The molecular weight excluding hydrogens is 544 g/mol. The number of ether oxygens (including phenoxy) is 1. The van der Waals surface area contributed by atoms with E-state index in [1.54, 1.807) is 12.3 Å². The first-order valence-corrected chi connectivity index (χ1v) is 14.7. The van der Waals surface area contributed by atoms with Gasteiger partial charge in [0.2, 0.25) is 6.41 Å². The van der Waals surface area contributed by atoms with Crippen LogP contribution < -0.4 is 15.5 Å². The Morgan fingerprint density at radius 2 is 2.00 bits per heavy atom. The zero-order valence-corrected chi connectivity index (χ0v) is 25.3. The van der Waals surface area contributed by atoms with Gasteiger partial charge in [0, 0.05) is 67.7 Å². The van der Waals surface area contributed by atoms with Gasteiger partial charge in [0.25, 0.3) is 0 Å². The van der Waals surface area contributed by atoms with E-state index in [0.717, 1.165) is 24.4 Å². The van der Waals surface area contributed by atoms with Gasteiger partial charge in [0.15, 0.2) is 0 Å². The molecule has 3 N–H and O–H groups in total. The summed E-state index contributed by atoms with van der Waals surface area (Å²) in [7, 11) is 2.18. The molecule has 1 spiro atoms. The fourth-order valence-corrected chi connectivity index (χ4v) is 6.92. The van der Waals surface area contributed by atoms with Crippen LogP contribution in [0.15, 0.2) is 83.4 Å². The number of aliphatic hydroxyl groups is 1. The van der Waals surface area contributed by atoms with Gasteiger partial charge in [-0.05, 0) is 44.1 Å². The monoisotopic (exact) mass is 588 g/mol. The molecule has 4 heterocycles. The molecule has 4 aliphatic heterocycles. The number of amidine groups is 1. The molecule has 230 valence electrons. The number of aliphatic hydroxyl groups excluding tert-OH is 1. The van der Waals surface area contributed by atoms with Gasteiger partial charge in [-0.3, -0.25) is 9.79 Å². The molecule has 0 bridgehead atoms. The van der Waals surface area contributed by atoms with E-state index in [1.165, 1.54) is 23.7 Å². The molecule has 11 heteroatoms. The van der Waals surface area contributed by atoms with Crippen LogP contribution in [0.2, 0.25) is 0 Å². The number of carbonyl (C=O) groups is 1. The Balaban J connectivity index is 1.34. The number of amides is 1. The first-order chi connectivity index (χ1) is 20.7. The Morgan fingerprint density at radius 3 is 2.60 bits per heavy atom. The maximum Gasteiger partial charge on any atom is 0.211 e. The van der Waals surface area contributed by atoms with E-state index in [-0.39, 0.29) is 19.2 Å². The summed E-state index contributed by atoms with van der Waals surface area (Å²) in [4.78, 5) is 29.1. The van der Waals surface area contributed by atoms with Crippen molar-refractivity contribution in [3.63, 3.8) is 0 Å². The molecule has 1 amide bonds. The van der Waals surface area contributed by atoms with E-state index in [0.29, 0.717) is 48.9 Å². The molecule has 0 radical (unpaired) electrons. The number of benzene rings is 1. The second-order valence-corrected chi connectivity index (χ2v) is 12.3. The van der Waals surface area contributed by atoms with Gasteiger partial charge in [-0.15, -0.1) is 0 Å². The van der Waals surface area contributed by atoms with Crippen LogP contribution in [-0.4, -0.2) is 111 Å². The number of anilines is 2. The van der Waals surface area contributed by atoms with Crippen LogP contribution >= 0.6 is 0 Å². The Kier molecular flexibility index (Phi) is 8.66. The van der Waals surface area contributed by atoms with Crippen molar-refractivity contribution in [3.8, 4) is 0 Å². The topological polar surface area (TPSA) is 108 Å². The quantitative estimate of drug-likeness (QED) is 0.140. The molecule has 1 aromatic rings. The van der Waals surface area contributed by atoms with Crippen molar-refractivity contribution in [2.75, 3.05) is 69.9 Å². The second-order valence-electron chi connectivity index (χ2n) is 12.3. The van der Waals surface area contributed by atoms with E-state index < -0.39 is 11.6 Å². The predicted octanol–water partition coefficient (Wildman–Crippen LogP) is 2.44. The lowest BCUT2D eigenvalue weighted by Crippen LogP contribution is -2.71. The third-order valence-electron chi connectivity index (χ3n) is 9.04. The lowest BCUT2D eigenvalue weighted by atomic mass is 9.73. The van der Waals surface area contributed by atoms with Crippen LogP contribution in [0, 0.1) is 10.8 Å². The van der Waals surface area contributed by atoms with Crippen LogP contribution in [0.1, 0.15) is 13.3 Å². The van der Waals surface area contributed by atoms with Crippen LogP contribution in [0.3, 0.4) is 0 Å². The number of carbonyl (C=O) groups excluding carboxylic acids is 1. The molecule has 0 saturated carbocycles. The summed E-state index contributed by atoms with van der Waals surface area (Å²) in [5.41, 5.74) is 3.12. The van der Waals surface area contributed by atoms with Crippen LogP contribution in [-0.2, 0) is 9.53 Å². The van der Waals surface area contributed by atoms with Gasteiger partial charge in [-0.2, -0.15) is 0 Å². The number of nitrogens with one attached hydrogen (secondary N) is 2. The minimum absolute atomic E-state index is 0.108. The molecule has 4 saturated heterocycles. The summed E-state index contributed by atoms with van der Waals surface area (Å²) in [6.07, 6.45) is 3.99. The van der Waals surface area contributed by atoms with E-state index >= 15 is 0 Å². The van der Waals surface area contributed by atoms with Gasteiger partial charge in [-0.1, -0.05) is 26.7 Å². The van der Waals surface area contributed by atoms with Crippen molar-refractivity contribution >= 4 is 30.3 Å². The molecule has 3 atom stereocenters. The van der Waals surface area contributed by atoms with Gasteiger partial charge in [0.1, 0.15) is 24.5 Å². The number of rotatable bonds is 13. The van der Waals surface area contributed by atoms with Crippen molar-refractivity contribution in [2.45, 2.75) is 25.6 Å². The summed E-state index contributed by atoms with van der Waals surface area (Å²) < 4.78 is 5.94. The highest BCUT2D eigenvalue weighted by molar-refractivity contribution is 6.03. The Morgan fingerprint density at radius 1 is 1.28 bits per heavy atom. The first-order valence-electron chi connectivity index (χ1n) is 14.7. The Bertz CT molecular complexity index is 1310. The van der Waals surface area contributed by atoms with Crippen molar-refractivity contribution in [1.82, 2.24) is 20.0 Å². The number of nitrogens with zero attached hydrogens (tertiary/aromatic N) is 6. The summed E-state index contributed by atoms with van der Waals surface area (Å²) >= 11 is 0. The van der Waals surface area contributed by atoms with Crippen molar-refractivity contribution in [1.29, 1.82) is 0 Å². The second kappa shape index (κ2) is 12.3. The minimum atomic E-state index is -0.582. The standard InChI is InChI=1S/C32H44N8O3/c1-7-29(38(22-42)12-13-41)36-24(3)40-28-14-23(2)43-20-31(28,4)27(15-33-5)30(40)35-21-34-25-8-10-26(11-9-25)39-18-32(19-39)16-37(6)17-32/h7-11,15,22,28-29,34,36,41H,1-3,5,12-14,16-21H2,4,6H3/b27-15+,35-30+/t28-,29+,31-/m1/s1. The highest BCUT2D eigenvalue weighted by Gasteiger charge is 2.55. The fraction of sp³-hybridized carbons (Fsp3) is 0.469. The molecule has 0 unspecified atom stereocenters. The molecule has 11 nitrogen and oxygen atoms in total. The highest BCUT2D eigenvalue weighted by Crippen LogP contribution is 2.49. The molecule has 4 aliphatic rings. The lowest BCUT2D eigenvalue weighted by Gasteiger charge is -2.60. The van der Waals surface area contributed by atoms with E-state index in [4.69, 9.17) is 9.73 Å². The normalized spacial score (nSPS) is 26.7. The number of likely N-dealkylation sites (tertiary alicyclic amines) is 2. The molecule has 0 aliphatic carbocycles. The van der Waals surface area contributed by atoms with Crippen LogP contribution in [0.5, 0.6) is 0 Å². The van der Waals surface area contributed by atoms with E-state index in [2.05, 4.69) is 90.1 Å². The molecule has 43 heavy (non-hydrogen) atoms. The average molecular weight is 589 g/mol. The van der Waals surface area contributed by atoms with E-state index in [9.17, 15) is 9.90 Å². The highest BCUT2D eigenvalue weighted by atomic mass is 16.5. The lowest BCUT2D eigenvalue weighted by molar-refractivity contribution is -0.120. The van der Waals surface area contributed by atoms with Crippen molar-refractivity contribution in [3.05, 3.63) is 73.4 Å². The maximum absolute atomic E-state index is 11.7. The zero-order valence-electron chi connectivity index (χ0n) is 25.3. The van der Waals surface area contributed by atoms with Gasteiger partial charge in [0.05, 0.1) is 30.4 Å². The summed E-state index contributed by atoms with van der Waals surface area (Å²) in [5.74, 6) is 1.89. The number of hydrogen-bond acceptors (Lipinski definition) is 9. The molecule has 4 fully saturated rings. The predicted molar refractivity (Wildman–Crippen MR) is 172 cm³/mol. The fourth-order valence-electron chi connectivity index (χ4n) is 6.92. The molecule has 0 aromatic heterocycles. The van der Waals surface area contributed by atoms with Gasteiger partial charge >= 0.3 is 0 Å². The Hall–Kier alpha value is -4.09. The third-order valence-corrected chi connectivity index (χ3v) is 9.04. The van der Waals surface area contributed by atoms with Crippen molar-refractivity contribution < 1.29 is 14.6 Å². The SMILES string of the molecule is C=C[C@@H](NC(=C)N1C(=N/CNc2ccc(N3CC4(CN(C)C4)C3)cc2)/C(=C\N=C)[C@@]2(C)COC(=C)C[C@@H]12)N(C=O)CCO. The molecule has 5 rings (SSSR count). The van der Waals surface area contributed by atoms with Gasteiger partial charge in [-0.25, -0.2) is 4.99 Å². The average Bonchev–Trinajstić information content (AvgIpc) is 3.19. The summed E-state index contributed by atoms with van der Waals surface area (Å²) in [6.45, 7) is 23.4. The number of aliphatic imine (C=N–C) groups is 2. The third kappa shape index (κ3) is 5.79. The summed E-state index contributed by atoms with van der Waals surface area (Å²) in [6, 6.07) is 8.38. The number of hydrogen-bond donors (Lipinski definition) is 3. The smallest absolute Gasteiger partial charge is 0.211 e. The minimum Gasteiger partial charge on any atom is -0.497 e. The first kappa shape index (κ1) is 30.4. The van der Waals surface area contributed by atoms with Crippen LogP contribution in [0.4, 0.5) is 11.4 Å². The molecule has 1 aromatic carbocycles. The Labute approximate surface area is 254 Å². The largest absolute Gasteiger partial charge is 0.497 e. The molecular formula is C32H44N8O3. The zero-order chi connectivity index (χ0) is 30.8. The van der Waals surface area contributed by atoms with Crippen molar-refractivity contribution in [2.24, 2.45) is 20.8 Å².